The minimum Gasteiger partial charge on any atom is -0.481 e. The maximum absolute atomic E-state index is 13.8. The molecule has 2 aliphatic rings. The summed E-state index contributed by atoms with van der Waals surface area (Å²) in [5.41, 5.74) is 1.64. The van der Waals surface area contributed by atoms with Gasteiger partial charge in [0.1, 0.15) is 5.82 Å². The van der Waals surface area contributed by atoms with Crippen LogP contribution in [0.4, 0.5) is 4.39 Å². The lowest BCUT2D eigenvalue weighted by Crippen LogP contribution is -2.23. The van der Waals surface area contributed by atoms with E-state index >= 15 is 0 Å². The van der Waals surface area contributed by atoms with E-state index in [2.05, 4.69) is 11.7 Å². The molecule has 5 nitrogen and oxygen atoms in total. The molecule has 0 bridgehead atoms. The average Bonchev–Trinajstić information content (AvgIpc) is 3.03. The van der Waals surface area contributed by atoms with Crippen LogP contribution in [0, 0.1) is 17.2 Å². The summed E-state index contributed by atoms with van der Waals surface area (Å²) < 4.78 is 24.3. The van der Waals surface area contributed by atoms with Gasteiger partial charge < -0.3 is 14.6 Å². The van der Waals surface area contributed by atoms with Gasteiger partial charge in [0.05, 0.1) is 25.7 Å². The van der Waals surface area contributed by atoms with Gasteiger partial charge in [0.25, 0.3) is 0 Å². The number of carbonyl (C=O) groups is 2. The van der Waals surface area contributed by atoms with Gasteiger partial charge >= 0.3 is 11.9 Å². The number of carboxylic acids is 1. The molecule has 1 heterocycles. The van der Waals surface area contributed by atoms with Crippen LogP contribution in [0.5, 0.6) is 0 Å². The van der Waals surface area contributed by atoms with E-state index in [0.717, 1.165) is 30.4 Å². The predicted octanol–water partition coefficient (Wildman–Crippen LogP) is 3.60. The summed E-state index contributed by atoms with van der Waals surface area (Å²) in [7, 11) is 1.31. The zero-order valence-electron chi connectivity index (χ0n) is 15.6. The van der Waals surface area contributed by atoms with Gasteiger partial charge in [-0.3, -0.25) is 4.79 Å². The summed E-state index contributed by atoms with van der Waals surface area (Å²) in [4.78, 5) is 22.2. The molecule has 1 saturated heterocycles. The third-order valence-electron chi connectivity index (χ3n) is 5.88. The summed E-state index contributed by atoms with van der Waals surface area (Å²) in [5.74, 6) is -1.25. The second kappa shape index (κ2) is 7.80. The molecule has 1 N–H and O–H groups in total. The number of rotatable bonds is 7. The molecule has 27 heavy (non-hydrogen) atoms. The molecular weight excluding hydrogens is 351 g/mol. The SMILES string of the molecule is COC(=O)C=Cc1ccc(F)cc1CC1CC1(C)C1CCC(CC(=O)O)O1. The summed E-state index contributed by atoms with van der Waals surface area (Å²) in [6, 6.07) is 4.56. The van der Waals surface area contributed by atoms with E-state index in [0.29, 0.717) is 12.3 Å². The Kier molecular flexibility index (Phi) is 5.65. The molecule has 2 fully saturated rings. The first kappa shape index (κ1) is 19.5. The van der Waals surface area contributed by atoms with E-state index in [1.54, 1.807) is 12.1 Å². The van der Waals surface area contributed by atoms with Crippen molar-refractivity contribution in [3.63, 3.8) is 0 Å². The molecule has 4 unspecified atom stereocenters. The summed E-state index contributed by atoms with van der Waals surface area (Å²) in [6.07, 6.45) is 6.16. The number of esters is 1. The molecule has 146 valence electrons. The van der Waals surface area contributed by atoms with Gasteiger partial charge in [0.15, 0.2) is 0 Å². The number of hydrogen-bond donors (Lipinski definition) is 1. The quantitative estimate of drug-likeness (QED) is 0.581. The maximum Gasteiger partial charge on any atom is 0.330 e. The summed E-state index contributed by atoms with van der Waals surface area (Å²) in [5, 5.41) is 8.93. The Balaban J connectivity index is 1.67. The zero-order valence-corrected chi connectivity index (χ0v) is 15.6. The number of carbonyl (C=O) groups excluding carboxylic acids is 1. The van der Waals surface area contributed by atoms with Crippen LogP contribution in [0.1, 0.15) is 43.7 Å². The van der Waals surface area contributed by atoms with Crippen LogP contribution in [-0.2, 0) is 25.5 Å². The first-order valence-electron chi connectivity index (χ1n) is 9.23. The Hall–Kier alpha value is -2.21. The molecule has 4 atom stereocenters. The van der Waals surface area contributed by atoms with Crippen molar-refractivity contribution in [2.45, 2.75) is 51.2 Å². The van der Waals surface area contributed by atoms with Crippen molar-refractivity contribution in [3.05, 3.63) is 41.2 Å². The van der Waals surface area contributed by atoms with Gasteiger partial charge in [-0.1, -0.05) is 13.0 Å². The van der Waals surface area contributed by atoms with E-state index in [1.165, 1.54) is 25.3 Å². The monoisotopic (exact) mass is 376 g/mol. The van der Waals surface area contributed by atoms with Crippen molar-refractivity contribution >= 4 is 18.0 Å². The van der Waals surface area contributed by atoms with Crippen LogP contribution in [0.25, 0.3) is 6.08 Å². The minimum absolute atomic E-state index is 0.0110. The van der Waals surface area contributed by atoms with Gasteiger partial charge in [0.2, 0.25) is 0 Å². The number of ether oxygens (including phenoxy) is 2. The smallest absolute Gasteiger partial charge is 0.330 e. The van der Waals surface area contributed by atoms with Gasteiger partial charge in [-0.2, -0.15) is 0 Å². The van der Waals surface area contributed by atoms with Crippen LogP contribution < -0.4 is 0 Å². The summed E-state index contributed by atoms with van der Waals surface area (Å²) in [6.45, 7) is 2.16. The highest BCUT2D eigenvalue weighted by molar-refractivity contribution is 5.87. The highest BCUT2D eigenvalue weighted by atomic mass is 19.1. The lowest BCUT2D eigenvalue weighted by atomic mass is 9.92. The standard InChI is InChI=1S/C21H25FO5/c1-21(18-7-6-17(27-18)11-19(23)24)12-15(21)9-14-10-16(22)5-3-13(14)4-8-20(25)26-2/h3-5,8,10,15,17-18H,6-7,9,11-12H2,1-2H3,(H,23,24). The molecule has 0 aromatic heterocycles. The van der Waals surface area contributed by atoms with Crippen molar-refractivity contribution in [2.24, 2.45) is 11.3 Å². The first-order chi connectivity index (χ1) is 12.8. The molecule has 0 spiro atoms. The number of carboxylic acid groups (broad SMARTS) is 1. The Labute approximate surface area is 158 Å². The molecule has 0 amide bonds. The molecule has 1 aromatic rings. The number of benzene rings is 1. The Bertz CT molecular complexity index is 759. The van der Waals surface area contributed by atoms with Crippen molar-refractivity contribution < 1.29 is 28.6 Å². The van der Waals surface area contributed by atoms with Crippen molar-refractivity contribution in [2.75, 3.05) is 7.11 Å². The highest BCUT2D eigenvalue weighted by Gasteiger charge is 2.57. The molecule has 1 aromatic carbocycles. The van der Waals surface area contributed by atoms with Gasteiger partial charge in [-0.15, -0.1) is 0 Å². The fraction of sp³-hybridized carbons (Fsp3) is 0.524. The van der Waals surface area contributed by atoms with Crippen molar-refractivity contribution in [1.82, 2.24) is 0 Å². The van der Waals surface area contributed by atoms with E-state index in [9.17, 15) is 14.0 Å². The number of aliphatic carboxylic acids is 1. The fourth-order valence-electron chi connectivity index (χ4n) is 4.11. The topological polar surface area (TPSA) is 72.8 Å². The second-order valence-corrected chi connectivity index (χ2v) is 7.73. The average molecular weight is 376 g/mol. The Morgan fingerprint density at radius 1 is 1.41 bits per heavy atom. The molecule has 0 radical (unpaired) electrons. The van der Waals surface area contributed by atoms with Crippen LogP contribution in [-0.4, -0.2) is 36.4 Å². The fourth-order valence-corrected chi connectivity index (χ4v) is 4.11. The molecule has 1 saturated carbocycles. The molecular formula is C21H25FO5. The first-order valence-corrected chi connectivity index (χ1v) is 9.23. The molecule has 6 heteroatoms. The van der Waals surface area contributed by atoms with Crippen LogP contribution in [0.2, 0.25) is 0 Å². The van der Waals surface area contributed by atoms with E-state index in [1.807, 2.05) is 0 Å². The lowest BCUT2D eigenvalue weighted by molar-refractivity contribution is -0.140. The third kappa shape index (κ3) is 4.56. The largest absolute Gasteiger partial charge is 0.481 e. The third-order valence-corrected chi connectivity index (χ3v) is 5.88. The lowest BCUT2D eigenvalue weighted by Gasteiger charge is -2.21. The molecule has 1 aliphatic carbocycles. The van der Waals surface area contributed by atoms with Gasteiger partial charge in [0, 0.05) is 6.08 Å². The number of methoxy groups -OCH3 is 1. The molecule has 3 rings (SSSR count). The predicted molar refractivity (Wildman–Crippen MR) is 97.5 cm³/mol. The van der Waals surface area contributed by atoms with E-state index in [4.69, 9.17) is 9.84 Å². The van der Waals surface area contributed by atoms with E-state index < -0.39 is 11.9 Å². The highest BCUT2D eigenvalue weighted by Crippen LogP contribution is 2.59. The second-order valence-electron chi connectivity index (χ2n) is 7.73. The zero-order chi connectivity index (χ0) is 19.6. The Morgan fingerprint density at radius 2 is 2.19 bits per heavy atom. The Morgan fingerprint density at radius 3 is 2.89 bits per heavy atom. The minimum atomic E-state index is -0.833. The van der Waals surface area contributed by atoms with Crippen LogP contribution >= 0.6 is 0 Å². The van der Waals surface area contributed by atoms with Crippen LogP contribution in [0.15, 0.2) is 24.3 Å². The number of hydrogen-bond acceptors (Lipinski definition) is 4. The molecule has 1 aliphatic heterocycles. The maximum atomic E-state index is 13.8. The number of halogens is 1. The van der Waals surface area contributed by atoms with Crippen molar-refractivity contribution in [3.8, 4) is 0 Å². The van der Waals surface area contributed by atoms with Gasteiger partial charge in [-0.25, -0.2) is 9.18 Å². The van der Waals surface area contributed by atoms with Gasteiger partial charge in [-0.05, 0) is 66.4 Å². The van der Waals surface area contributed by atoms with Crippen LogP contribution in [0.3, 0.4) is 0 Å². The normalized spacial score (nSPS) is 29.8. The summed E-state index contributed by atoms with van der Waals surface area (Å²) >= 11 is 0. The van der Waals surface area contributed by atoms with Crippen molar-refractivity contribution in [1.29, 1.82) is 0 Å². The van der Waals surface area contributed by atoms with E-state index in [-0.39, 0.29) is 29.9 Å².